The number of esters is 2. The van der Waals surface area contributed by atoms with Crippen LogP contribution in [-0.4, -0.2) is 89.8 Å². The lowest BCUT2D eigenvalue weighted by Gasteiger charge is -2.34. The van der Waals surface area contributed by atoms with Gasteiger partial charge < -0.3 is 50.3 Å². The minimum absolute atomic E-state index is 1.24. The molecule has 0 aromatic rings. The number of aliphatic hydroxyl groups is 8. The normalized spacial score (nSPS) is 28.0. The van der Waals surface area contributed by atoms with Gasteiger partial charge in [-0.1, -0.05) is 0 Å². The van der Waals surface area contributed by atoms with Crippen molar-refractivity contribution in [1.29, 1.82) is 0 Å². The molecule has 0 radical (unpaired) electrons. The van der Waals surface area contributed by atoms with Crippen molar-refractivity contribution in [3.05, 3.63) is 23.0 Å². The predicted molar refractivity (Wildman–Crippen MR) is 70.6 cm³/mol. The van der Waals surface area contributed by atoms with Crippen LogP contribution in [-0.2, 0) is 28.8 Å². The summed E-state index contributed by atoms with van der Waals surface area (Å²) in [4.78, 5) is 30.9. The zero-order chi connectivity index (χ0) is 19.9. The number of carbonyl (C=O) groups excluding carboxylic acids is 2. The molecule has 0 saturated heterocycles. The molecule has 0 spiro atoms. The van der Waals surface area contributed by atoms with Gasteiger partial charge in [-0.25, -0.2) is 9.59 Å². The van der Waals surface area contributed by atoms with Crippen LogP contribution in [0.15, 0.2) is 23.0 Å². The van der Waals surface area contributed by atoms with Gasteiger partial charge in [-0.15, -0.1) is 0 Å². The molecule has 0 bridgehead atoms. The van der Waals surface area contributed by atoms with Crippen molar-refractivity contribution in [2.45, 2.75) is 23.8 Å². The van der Waals surface area contributed by atoms with E-state index in [2.05, 4.69) is 19.2 Å². The third-order valence-electron chi connectivity index (χ3n) is 3.42. The smallest absolute Gasteiger partial charge is 0.378 e. The summed E-state index contributed by atoms with van der Waals surface area (Å²) in [5.41, 5.74) is 0. The average Bonchev–Trinajstić information content (AvgIpc) is 3.04. The van der Waals surface area contributed by atoms with Crippen LogP contribution in [0.1, 0.15) is 0 Å². The molecule has 2 aliphatic rings. The summed E-state index contributed by atoms with van der Waals surface area (Å²) in [5.74, 6) is -14.2. The number of ether oxygens (including phenoxy) is 2. The molecule has 14 nitrogen and oxygen atoms in total. The average molecular weight is 382 g/mol. The summed E-state index contributed by atoms with van der Waals surface area (Å²) in [6.45, 7) is -2.89. The largest absolute Gasteiger partial charge is 0.505 e. The standard InChI is InChI=1S/C12H14O14/c13-1-11(21,7-3(15)5(17)9(19)23-7)25-26-12(22,2-14)8-4(16)6(18)10(20)24-8/h7-8,13-18,21-22H,1-2H2/t7-,8-,11+,12+/m0/s1. The molecular weight excluding hydrogens is 368 g/mol. The van der Waals surface area contributed by atoms with Gasteiger partial charge in [0.25, 0.3) is 11.6 Å². The Bertz CT molecular complexity index is 623. The monoisotopic (exact) mass is 382 g/mol. The molecule has 0 amide bonds. The van der Waals surface area contributed by atoms with E-state index in [1.54, 1.807) is 0 Å². The Labute approximate surface area is 142 Å². The molecule has 2 aliphatic heterocycles. The molecule has 0 saturated carbocycles. The molecule has 0 aliphatic carbocycles. The third-order valence-corrected chi connectivity index (χ3v) is 3.42. The first-order valence-electron chi connectivity index (χ1n) is 6.70. The van der Waals surface area contributed by atoms with E-state index in [-0.39, 0.29) is 0 Å². The maximum Gasteiger partial charge on any atom is 0.378 e. The maximum atomic E-state index is 11.1. The van der Waals surface area contributed by atoms with Gasteiger partial charge in [-0.2, -0.15) is 9.78 Å². The number of cyclic esters (lactones) is 2. The molecule has 0 fully saturated rings. The highest BCUT2D eigenvalue weighted by Crippen LogP contribution is 2.33. The van der Waals surface area contributed by atoms with Crippen molar-refractivity contribution in [3.63, 3.8) is 0 Å². The molecule has 0 aromatic carbocycles. The van der Waals surface area contributed by atoms with Gasteiger partial charge in [0.1, 0.15) is 13.2 Å². The maximum absolute atomic E-state index is 11.1. The number of aliphatic hydroxyl groups excluding tert-OH is 6. The first-order valence-corrected chi connectivity index (χ1v) is 6.70. The van der Waals surface area contributed by atoms with Gasteiger partial charge in [0.2, 0.25) is 23.7 Å². The Morgan fingerprint density at radius 3 is 1.27 bits per heavy atom. The lowest BCUT2D eigenvalue weighted by molar-refractivity contribution is -0.517. The Kier molecular flexibility index (Phi) is 5.00. The fraction of sp³-hybridized carbons (Fsp3) is 0.500. The van der Waals surface area contributed by atoms with E-state index in [1.165, 1.54) is 0 Å². The van der Waals surface area contributed by atoms with Gasteiger partial charge in [0.15, 0.2) is 11.5 Å². The third kappa shape index (κ3) is 3.00. The lowest BCUT2D eigenvalue weighted by atomic mass is 10.1. The van der Waals surface area contributed by atoms with Gasteiger partial charge in [-0.3, -0.25) is 0 Å². The van der Waals surface area contributed by atoms with E-state index >= 15 is 0 Å². The fourth-order valence-corrected chi connectivity index (χ4v) is 1.96. The molecule has 0 aromatic heterocycles. The van der Waals surface area contributed by atoms with E-state index in [0.29, 0.717) is 0 Å². The second-order valence-electron chi connectivity index (χ2n) is 5.21. The molecule has 26 heavy (non-hydrogen) atoms. The van der Waals surface area contributed by atoms with Crippen LogP contribution in [0.4, 0.5) is 0 Å². The second-order valence-corrected chi connectivity index (χ2v) is 5.21. The van der Waals surface area contributed by atoms with Crippen molar-refractivity contribution in [2.75, 3.05) is 13.2 Å². The number of hydrogen-bond donors (Lipinski definition) is 8. The van der Waals surface area contributed by atoms with Gasteiger partial charge in [0, 0.05) is 0 Å². The fourth-order valence-electron chi connectivity index (χ4n) is 1.96. The SMILES string of the molecule is O=C1O[C@H]([C@@](O)(CO)OO[C@](O)(CO)[C@H]2OC(=O)C(O)=C2O)C(O)=C1O. The van der Waals surface area contributed by atoms with Crippen LogP contribution in [0.25, 0.3) is 0 Å². The van der Waals surface area contributed by atoms with Crippen molar-refractivity contribution >= 4 is 11.9 Å². The highest BCUT2D eigenvalue weighted by Gasteiger charge is 2.56. The molecule has 2 rings (SSSR count). The quantitative estimate of drug-likeness (QED) is 0.0937. The van der Waals surface area contributed by atoms with Crippen molar-refractivity contribution < 1.29 is 69.7 Å². The summed E-state index contributed by atoms with van der Waals surface area (Å²) in [6.07, 6.45) is -4.40. The number of hydrogen-bond acceptors (Lipinski definition) is 14. The van der Waals surface area contributed by atoms with Crippen LogP contribution >= 0.6 is 0 Å². The van der Waals surface area contributed by atoms with Crippen LogP contribution in [0, 0.1) is 0 Å². The van der Waals surface area contributed by atoms with Gasteiger partial charge >= 0.3 is 11.9 Å². The summed E-state index contributed by atoms with van der Waals surface area (Å²) >= 11 is 0. The molecule has 2 heterocycles. The topological polar surface area (TPSA) is 233 Å². The van der Waals surface area contributed by atoms with Crippen LogP contribution < -0.4 is 0 Å². The van der Waals surface area contributed by atoms with E-state index in [1.807, 2.05) is 0 Å². The Hall–Kier alpha value is -2.62. The molecule has 4 atom stereocenters. The molecular formula is C12H14O14. The Morgan fingerprint density at radius 1 is 0.769 bits per heavy atom. The summed E-state index contributed by atoms with van der Waals surface area (Å²) in [5, 5.41) is 76.0. The number of carbonyl (C=O) groups is 2. The van der Waals surface area contributed by atoms with Gasteiger partial charge in [-0.05, 0) is 0 Å². The van der Waals surface area contributed by atoms with Crippen LogP contribution in [0.5, 0.6) is 0 Å². The summed E-state index contributed by atoms with van der Waals surface area (Å²) in [7, 11) is 0. The van der Waals surface area contributed by atoms with Crippen LogP contribution in [0.2, 0.25) is 0 Å². The lowest BCUT2D eigenvalue weighted by Crippen LogP contribution is -2.55. The Balaban J connectivity index is 2.21. The van der Waals surface area contributed by atoms with Crippen molar-refractivity contribution in [1.82, 2.24) is 0 Å². The van der Waals surface area contributed by atoms with E-state index in [0.717, 1.165) is 0 Å². The van der Waals surface area contributed by atoms with Crippen molar-refractivity contribution in [3.8, 4) is 0 Å². The van der Waals surface area contributed by atoms with E-state index < -0.39 is 72.0 Å². The highest BCUT2D eigenvalue weighted by molar-refractivity contribution is 5.89. The first-order chi connectivity index (χ1) is 12.0. The van der Waals surface area contributed by atoms with E-state index in [9.17, 15) is 50.4 Å². The highest BCUT2D eigenvalue weighted by atomic mass is 17.3. The zero-order valence-electron chi connectivity index (χ0n) is 12.6. The van der Waals surface area contributed by atoms with Crippen molar-refractivity contribution in [2.24, 2.45) is 0 Å². The first kappa shape index (κ1) is 19.7. The zero-order valence-corrected chi connectivity index (χ0v) is 12.6. The minimum Gasteiger partial charge on any atom is -0.505 e. The van der Waals surface area contributed by atoms with E-state index in [4.69, 9.17) is 0 Å². The molecule has 0 unspecified atom stereocenters. The predicted octanol–water partition coefficient (Wildman–Crippen LogP) is -3.20. The molecule has 8 N–H and O–H groups in total. The van der Waals surface area contributed by atoms with Gasteiger partial charge in [0.05, 0.1) is 0 Å². The molecule has 14 heteroatoms. The molecule has 146 valence electrons. The second kappa shape index (κ2) is 6.60. The number of rotatable bonds is 7. The summed E-state index contributed by atoms with van der Waals surface area (Å²) < 4.78 is 8.73. The Morgan fingerprint density at radius 2 is 1.08 bits per heavy atom. The minimum atomic E-state index is -3.11. The summed E-state index contributed by atoms with van der Waals surface area (Å²) in [6, 6.07) is 0. The van der Waals surface area contributed by atoms with Crippen LogP contribution in [0.3, 0.4) is 0 Å².